The van der Waals surface area contributed by atoms with E-state index in [2.05, 4.69) is 108 Å². The molecule has 10 rings (SSSR count). The summed E-state index contributed by atoms with van der Waals surface area (Å²) < 4.78 is 6.10. The predicted molar refractivity (Wildman–Crippen MR) is 199 cm³/mol. The van der Waals surface area contributed by atoms with E-state index in [0.29, 0.717) is 23.2 Å². The molecule has 0 saturated carbocycles. The van der Waals surface area contributed by atoms with Gasteiger partial charge in [-0.3, -0.25) is 0 Å². The third kappa shape index (κ3) is 4.63. The molecule has 0 amide bonds. The zero-order chi connectivity index (χ0) is 32.3. The lowest BCUT2D eigenvalue weighted by Gasteiger charge is -2.12. The summed E-state index contributed by atoms with van der Waals surface area (Å²) >= 11 is 0. The normalized spacial score (nSPS) is 11.7. The lowest BCUT2D eigenvalue weighted by Crippen LogP contribution is -2.00. The lowest BCUT2D eigenvalue weighted by molar-refractivity contribution is 0.654. The highest BCUT2D eigenvalue weighted by molar-refractivity contribution is 6.18. The molecule has 0 aliphatic carbocycles. The lowest BCUT2D eigenvalue weighted by atomic mass is 9.94. The van der Waals surface area contributed by atoms with Crippen molar-refractivity contribution < 1.29 is 4.42 Å². The van der Waals surface area contributed by atoms with Gasteiger partial charge in [0, 0.05) is 33.7 Å². The molecule has 5 heteroatoms. The van der Waals surface area contributed by atoms with Crippen molar-refractivity contribution in [1.82, 2.24) is 19.9 Å². The van der Waals surface area contributed by atoms with Crippen molar-refractivity contribution in [3.8, 4) is 45.3 Å². The SMILES string of the molecule is c1ccc(-c2nc(-c3ccc4ccccc4c3)nc(-c3ccc4c(-c5ccc6cnc7oc8ccccc8c7c6c5)cccc4c3)n2)cc1. The molecule has 5 nitrogen and oxygen atoms in total. The fraction of sp³-hybridized carbons (Fsp3) is 0. The molecule has 0 radical (unpaired) electrons. The highest BCUT2D eigenvalue weighted by Gasteiger charge is 2.16. The molecule has 228 valence electrons. The average Bonchev–Trinajstić information content (AvgIpc) is 3.56. The van der Waals surface area contributed by atoms with Gasteiger partial charge in [0.2, 0.25) is 5.71 Å². The van der Waals surface area contributed by atoms with Crippen LogP contribution in [-0.2, 0) is 0 Å². The molecule has 3 heterocycles. The maximum Gasteiger partial charge on any atom is 0.227 e. The van der Waals surface area contributed by atoms with Crippen LogP contribution in [-0.4, -0.2) is 19.9 Å². The van der Waals surface area contributed by atoms with Gasteiger partial charge in [-0.15, -0.1) is 0 Å². The summed E-state index contributed by atoms with van der Waals surface area (Å²) in [4.78, 5) is 19.6. The Labute approximate surface area is 281 Å². The van der Waals surface area contributed by atoms with Crippen LogP contribution in [0.25, 0.3) is 99.7 Å². The molecule has 0 N–H and O–H groups in total. The highest BCUT2D eigenvalue weighted by atomic mass is 16.3. The molecule has 0 saturated heterocycles. The zero-order valence-corrected chi connectivity index (χ0v) is 26.2. The van der Waals surface area contributed by atoms with Crippen molar-refractivity contribution in [3.63, 3.8) is 0 Å². The Morgan fingerprint density at radius 3 is 1.90 bits per heavy atom. The van der Waals surface area contributed by atoms with Crippen molar-refractivity contribution in [2.45, 2.75) is 0 Å². The van der Waals surface area contributed by atoms with Crippen LogP contribution in [0.4, 0.5) is 0 Å². The minimum atomic E-state index is 0.636. The number of benzene rings is 7. The van der Waals surface area contributed by atoms with Crippen LogP contribution in [0.2, 0.25) is 0 Å². The van der Waals surface area contributed by atoms with Gasteiger partial charge >= 0.3 is 0 Å². The largest absolute Gasteiger partial charge is 0.438 e. The van der Waals surface area contributed by atoms with Crippen molar-refractivity contribution in [3.05, 3.63) is 158 Å². The molecule has 7 aromatic carbocycles. The summed E-state index contributed by atoms with van der Waals surface area (Å²) in [5.74, 6) is 1.93. The van der Waals surface area contributed by atoms with Crippen LogP contribution >= 0.6 is 0 Å². The Morgan fingerprint density at radius 2 is 1.04 bits per heavy atom. The monoisotopic (exact) mass is 626 g/mol. The number of aromatic nitrogens is 4. The second kappa shape index (κ2) is 10.9. The van der Waals surface area contributed by atoms with E-state index in [1.807, 2.05) is 54.7 Å². The number of hydrogen-bond donors (Lipinski definition) is 0. The van der Waals surface area contributed by atoms with Crippen molar-refractivity contribution in [1.29, 1.82) is 0 Å². The first-order chi connectivity index (χ1) is 24.2. The maximum absolute atomic E-state index is 6.10. The number of fused-ring (bicyclic) bond motifs is 7. The molecule has 0 fully saturated rings. The molecule has 0 aliphatic heterocycles. The standard InChI is InChI=1S/C44H26N4O/c1-2-10-28(11-3-1)41-46-42(32-19-17-27-9-4-5-12-29(27)23-32)48-43(47-41)33-21-22-36-30(24-33)13-8-15-35(36)31-18-20-34-26-45-44-40(38(34)25-31)37-14-6-7-16-39(37)49-44/h1-26H. The smallest absolute Gasteiger partial charge is 0.227 e. The Kier molecular flexibility index (Phi) is 6.11. The van der Waals surface area contributed by atoms with E-state index in [4.69, 9.17) is 19.4 Å². The second-order valence-corrected chi connectivity index (χ2v) is 12.3. The van der Waals surface area contributed by atoms with Crippen LogP contribution in [0.3, 0.4) is 0 Å². The number of pyridine rings is 1. The van der Waals surface area contributed by atoms with E-state index in [1.54, 1.807) is 0 Å². The number of nitrogens with zero attached hydrogens (tertiary/aromatic N) is 4. The first kappa shape index (κ1) is 27.4. The molecule has 0 atom stereocenters. The number of rotatable bonds is 4. The third-order valence-electron chi connectivity index (χ3n) is 9.35. The topological polar surface area (TPSA) is 64.7 Å². The molecule has 49 heavy (non-hydrogen) atoms. The number of hydrogen-bond acceptors (Lipinski definition) is 5. The predicted octanol–water partition coefficient (Wildman–Crippen LogP) is 11.3. The zero-order valence-electron chi connectivity index (χ0n) is 26.2. The quantitative estimate of drug-likeness (QED) is 0.194. The van der Waals surface area contributed by atoms with E-state index in [9.17, 15) is 0 Å². The van der Waals surface area contributed by atoms with E-state index in [0.717, 1.165) is 71.1 Å². The Balaban J connectivity index is 1.12. The first-order valence-corrected chi connectivity index (χ1v) is 16.3. The van der Waals surface area contributed by atoms with Gasteiger partial charge in [0.15, 0.2) is 17.5 Å². The van der Waals surface area contributed by atoms with Gasteiger partial charge in [0.05, 0.1) is 5.39 Å². The fourth-order valence-electron chi connectivity index (χ4n) is 6.92. The van der Waals surface area contributed by atoms with Gasteiger partial charge in [-0.25, -0.2) is 19.9 Å². The van der Waals surface area contributed by atoms with E-state index >= 15 is 0 Å². The first-order valence-electron chi connectivity index (χ1n) is 16.3. The van der Waals surface area contributed by atoms with Crippen LogP contribution in [0, 0.1) is 0 Å². The van der Waals surface area contributed by atoms with Gasteiger partial charge in [-0.05, 0) is 62.3 Å². The average molecular weight is 627 g/mol. The van der Waals surface area contributed by atoms with Gasteiger partial charge in [0.25, 0.3) is 0 Å². The minimum absolute atomic E-state index is 0.636. The van der Waals surface area contributed by atoms with Crippen molar-refractivity contribution in [2.75, 3.05) is 0 Å². The summed E-state index contributed by atoms with van der Waals surface area (Å²) in [6.45, 7) is 0. The van der Waals surface area contributed by atoms with Crippen LogP contribution < -0.4 is 0 Å². The second-order valence-electron chi connectivity index (χ2n) is 12.3. The molecular formula is C44H26N4O. The number of para-hydroxylation sites is 1. The van der Waals surface area contributed by atoms with Crippen LogP contribution in [0.5, 0.6) is 0 Å². The van der Waals surface area contributed by atoms with Crippen LogP contribution in [0.15, 0.2) is 162 Å². The number of furan rings is 1. The Hall–Kier alpha value is -6.72. The molecule has 0 spiro atoms. The minimum Gasteiger partial charge on any atom is -0.438 e. The van der Waals surface area contributed by atoms with E-state index < -0.39 is 0 Å². The van der Waals surface area contributed by atoms with Gasteiger partial charge < -0.3 is 4.42 Å². The molecule has 0 bridgehead atoms. The van der Waals surface area contributed by atoms with E-state index in [-0.39, 0.29) is 0 Å². The maximum atomic E-state index is 6.10. The summed E-state index contributed by atoms with van der Waals surface area (Å²) in [7, 11) is 0. The van der Waals surface area contributed by atoms with Crippen LogP contribution in [0.1, 0.15) is 0 Å². The third-order valence-corrected chi connectivity index (χ3v) is 9.35. The van der Waals surface area contributed by atoms with Gasteiger partial charge in [-0.2, -0.15) is 0 Å². The summed E-state index contributed by atoms with van der Waals surface area (Å²) in [6.07, 6.45) is 1.89. The molecular weight excluding hydrogens is 601 g/mol. The fourth-order valence-corrected chi connectivity index (χ4v) is 6.92. The van der Waals surface area contributed by atoms with Crippen molar-refractivity contribution in [2.24, 2.45) is 0 Å². The summed E-state index contributed by atoms with van der Waals surface area (Å²) in [6, 6.07) is 52.4. The summed E-state index contributed by atoms with van der Waals surface area (Å²) in [5, 5.41) is 8.91. The Bertz CT molecular complexity index is 2890. The molecule has 3 aromatic heterocycles. The van der Waals surface area contributed by atoms with E-state index in [1.165, 1.54) is 5.39 Å². The molecule has 0 unspecified atom stereocenters. The Morgan fingerprint density at radius 1 is 0.388 bits per heavy atom. The van der Waals surface area contributed by atoms with Gasteiger partial charge in [-0.1, -0.05) is 127 Å². The summed E-state index contributed by atoms with van der Waals surface area (Å²) in [5.41, 5.74) is 6.62. The highest BCUT2D eigenvalue weighted by Crippen LogP contribution is 2.38. The molecule has 0 aliphatic rings. The van der Waals surface area contributed by atoms with Gasteiger partial charge in [0.1, 0.15) is 5.58 Å². The molecule has 10 aromatic rings. The van der Waals surface area contributed by atoms with Crippen molar-refractivity contribution >= 4 is 54.4 Å².